The molecule has 1 N–H and O–H groups in total. The number of aromatic nitrogens is 4. The first-order valence-electron chi connectivity index (χ1n) is 11.9. The number of hydrogen-bond acceptors (Lipinski definition) is 8. The van der Waals surface area contributed by atoms with E-state index >= 15 is 0 Å². The van der Waals surface area contributed by atoms with Gasteiger partial charge in [-0.05, 0) is 88.4 Å². The molecule has 0 aliphatic heterocycles. The molecule has 0 unspecified atom stereocenters. The SMILES string of the molecule is CCOc1ccc(N(C(=O)Cn2nnc(-c3ccc(C)o3)n2)[C@H](C(=O)NC(C)(C)C)c2ccco2)cc1. The standard InChI is InChI=1S/C26H30N6O5/c1-6-35-19-12-10-18(11-13-19)32(23(20-8-7-15-36-20)25(34)27-26(3,4)5)22(33)16-31-29-24(28-30-31)21-14-9-17(2)37-21/h7-15,23H,6,16H2,1-5H3,(H,27,34)/t23-/m0/s1. The van der Waals surface area contributed by atoms with Gasteiger partial charge in [-0.2, -0.15) is 4.80 Å². The molecular weight excluding hydrogens is 476 g/mol. The molecule has 11 nitrogen and oxygen atoms in total. The summed E-state index contributed by atoms with van der Waals surface area (Å²) in [5.41, 5.74) is -0.0696. The number of benzene rings is 1. The lowest BCUT2D eigenvalue weighted by molar-refractivity contribution is -0.128. The van der Waals surface area contributed by atoms with Crippen LogP contribution in [-0.2, 0) is 16.1 Å². The minimum Gasteiger partial charge on any atom is -0.494 e. The van der Waals surface area contributed by atoms with E-state index in [0.717, 1.165) is 4.80 Å². The number of anilines is 1. The van der Waals surface area contributed by atoms with Gasteiger partial charge in [-0.1, -0.05) is 0 Å². The molecule has 0 aliphatic carbocycles. The average Bonchev–Trinajstić information content (AvgIpc) is 3.59. The summed E-state index contributed by atoms with van der Waals surface area (Å²) in [4.78, 5) is 29.9. The number of hydrogen-bond donors (Lipinski definition) is 1. The van der Waals surface area contributed by atoms with E-state index in [1.54, 1.807) is 48.5 Å². The molecule has 194 valence electrons. The van der Waals surface area contributed by atoms with E-state index in [-0.39, 0.29) is 12.4 Å². The summed E-state index contributed by atoms with van der Waals surface area (Å²) in [5.74, 6) is 1.50. The zero-order valence-corrected chi connectivity index (χ0v) is 21.5. The predicted octanol–water partition coefficient (Wildman–Crippen LogP) is 3.92. The second-order valence-electron chi connectivity index (χ2n) is 9.40. The number of tetrazole rings is 1. The van der Waals surface area contributed by atoms with Crippen molar-refractivity contribution >= 4 is 17.5 Å². The highest BCUT2D eigenvalue weighted by Crippen LogP contribution is 2.31. The Bertz CT molecular complexity index is 1330. The van der Waals surface area contributed by atoms with Gasteiger partial charge in [0, 0.05) is 11.2 Å². The van der Waals surface area contributed by atoms with Crippen molar-refractivity contribution in [3.8, 4) is 17.3 Å². The smallest absolute Gasteiger partial charge is 0.251 e. The molecule has 4 aromatic rings. The van der Waals surface area contributed by atoms with Crippen LogP contribution in [0.2, 0.25) is 0 Å². The summed E-state index contributed by atoms with van der Waals surface area (Å²) in [6.07, 6.45) is 1.46. The Morgan fingerprint density at radius 2 is 1.89 bits per heavy atom. The van der Waals surface area contributed by atoms with Gasteiger partial charge in [-0.3, -0.25) is 14.5 Å². The minimum absolute atomic E-state index is 0.251. The number of carbonyl (C=O) groups is 2. The highest BCUT2D eigenvalue weighted by Gasteiger charge is 2.36. The molecule has 1 atom stereocenters. The minimum atomic E-state index is -1.09. The van der Waals surface area contributed by atoms with Crippen molar-refractivity contribution in [1.82, 2.24) is 25.5 Å². The van der Waals surface area contributed by atoms with Crippen LogP contribution in [0.25, 0.3) is 11.6 Å². The highest BCUT2D eigenvalue weighted by atomic mass is 16.5. The first-order chi connectivity index (χ1) is 17.6. The molecule has 0 bridgehead atoms. The molecule has 0 saturated heterocycles. The van der Waals surface area contributed by atoms with Crippen molar-refractivity contribution in [2.24, 2.45) is 0 Å². The number of ether oxygens (including phenoxy) is 1. The zero-order chi connectivity index (χ0) is 26.6. The van der Waals surface area contributed by atoms with Gasteiger partial charge in [0.1, 0.15) is 23.8 Å². The molecule has 0 saturated carbocycles. The van der Waals surface area contributed by atoms with Gasteiger partial charge in [-0.15, -0.1) is 10.2 Å². The van der Waals surface area contributed by atoms with Crippen molar-refractivity contribution in [3.05, 3.63) is 66.3 Å². The number of nitrogens with zero attached hydrogens (tertiary/aromatic N) is 5. The van der Waals surface area contributed by atoms with Crippen LogP contribution in [0.4, 0.5) is 5.69 Å². The van der Waals surface area contributed by atoms with Crippen LogP contribution in [0.1, 0.15) is 45.3 Å². The van der Waals surface area contributed by atoms with Crippen molar-refractivity contribution < 1.29 is 23.2 Å². The summed E-state index contributed by atoms with van der Waals surface area (Å²) >= 11 is 0. The molecule has 0 fully saturated rings. The van der Waals surface area contributed by atoms with E-state index < -0.39 is 23.4 Å². The molecule has 3 heterocycles. The van der Waals surface area contributed by atoms with Crippen LogP contribution in [0.3, 0.4) is 0 Å². The number of amides is 2. The summed E-state index contributed by atoms with van der Waals surface area (Å²) in [7, 11) is 0. The fourth-order valence-corrected chi connectivity index (χ4v) is 3.73. The number of furan rings is 2. The molecule has 37 heavy (non-hydrogen) atoms. The normalized spacial score (nSPS) is 12.2. The third-order valence-corrected chi connectivity index (χ3v) is 5.20. The summed E-state index contributed by atoms with van der Waals surface area (Å²) < 4.78 is 16.7. The summed E-state index contributed by atoms with van der Waals surface area (Å²) in [6, 6.07) is 12.7. The molecule has 3 aromatic heterocycles. The lowest BCUT2D eigenvalue weighted by Crippen LogP contribution is -2.50. The Balaban J connectivity index is 1.70. The van der Waals surface area contributed by atoms with Gasteiger partial charge in [-0.25, -0.2) is 0 Å². The van der Waals surface area contributed by atoms with Gasteiger partial charge < -0.3 is 18.9 Å². The second-order valence-corrected chi connectivity index (χ2v) is 9.40. The Morgan fingerprint density at radius 1 is 1.14 bits per heavy atom. The fourth-order valence-electron chi connectivity index (χ4n) is 3.73. The maximum Gasteiger partial charge on any atom is 0.251 e. The van der Waals surface area contributed by atoms with Gasteiger partial charge in [0.25, 0.3) is 11.8 Å². The molecular formula is C26H30N6O5. The third-order valence-electron chi connectivity index (χ3n) is 5.20. The number of aryl methyl sites for hydroxylation is 1. The fraction of sp³-hybridized carbons (Fsp3) is 0.346. The Labute approximate surface area is 214 Å². The van der Waals surface area contributed by atoms with Gasteiger partial charge in [0.2, 0.25) is 5.82 Å². The van der Waals surface area contributed by atoms with Gasteiger partial charge >= 0.3 is 0 Å². The largest absolute Gasteiger partial charge is 0.494 e. The van der Waals surface area contributed by atoms with Crippen LogP contribution in [-0.4, -0.2) is 44.2 Å². The monoisotopic (exact) mass is 506 g/mol. The Morgan fingerprint density at radius 3 is 2.49 bits per heavy atom. The van der Waals surface area contributed by atoms with Crippen LogP contribution < -0.4 is 15.0 Å². The van der Waals surface area contributed by atoms with E-state index in [2.05, 4.69) is 20.7 Å². The quantitative estimate of drug-likeness (QED) is 0.362. The highest BCUT2D eigenvalue weighted by molar-refractivity contribution is 6.01. The number of rotatable bonds is 9. The molecule has 0 spiro atoms. The van der Waals surface area contributed by atoms with E-state index in [0.29, 0.717) is 35.3 Å². The van der Waals surface area contributed by atoms with Crippen LogP contribution in [0, 0.1) is 6.92 Å². The lowest BCUT2D eigenvalue weighted by Gasteiger charge is -2.32. The van der Waals surface area contributed by atoms with E-state index in [1.165, 1.54) is 11.2 Å². The zero-order valence-electron chi connectivity index (χ0n) is 21.5. The van der Waals surface area contributed by atoms with E-state index in [4.69, 9.17) is 13.6 Å². The first kappa shape index (κ1) is 25.7. The second kappa shape index (κ2) is 10.7. The van der Waals surface area contributed by atoms with E-state index in [9.17, 15) is 9.59 Å². The molecule has 4 rings (SSSR count). The topological polar surface area (TPSA) is 129 Å². The van der Waals surface area contributed by atoms with Gasteiger partial charge in [0.05, 0.1) is 12.9 Å². The maximum atomic E-state index is 13.8. The predicted molar refractivity (Wildman–Crippen MR) is 135 cm³/mol. The van der Waals surface area contributed by atoms with Crippen LogP contribution in [0.5, 0.6) is 5.75 Å². The molecule has 1 aromatic carbocycles. The number of nitrogens with one attached hydrogen (secondary N) is 1. The molecule has 11 heteroatoms. The Kier molecular flexibility index (Phi) is 7.42. The maximum absolute atomic E-state index is 13.8. The molecule has 0 radical (unpaired) electrons. The third kappa shape index (κ3) is 6.24. The summed E-state index contributed by atoms with van der Waals surface area (Å²) in [6.45, 7) is 9.51. The Hall–Kier alpha value is -4.41. The van der Waals surface area contributed by atoms with Crippen molar-refractivity contribution in [3.63, 3.8) is 0 Å². The molecule has 2 amide bonds. The van der Waals surface area contributed by atoms with Crippen LogP contribution >= 0.6 is 0 Å². The van der Waals surface area contributed by atoms with Crippen molar-refractivity contribution in [2.45, 2.75) is 52.7 Å². The lowest BCUT2D eigenvalue weighted by atomic mass is 10.1. The van der Waals surface area contributed by atoms with Gasteiger partial charge in [0.15, 0.2) is 11.8 Å². The van der Waals surface area contributed by atoms with Crippen LogP contribution in [0.15, 0.2) is 63.6 Å². The van der Waals surface area contributed by atoms with Crippen molar-refractivity contribution in [1.29, 1.82) is 0 Å². The number of carbonyl (C=O) groups excluding carboxylic acids is 2. The van der Waals surface area contributed by atoms with E-state index in [1.807, 2.05) is 34.6 Å². The van der Waals surface area contributed by atoms with Crippen molar-refractivity contribution in [2.75, 3.05) is 11.5 Å². The average molecular weight is 507 g/mol. The molecule has 0 aliphatic rings. The first-order valence-corrected chi connectivity index (χ1v) is 11.9. The summed E-state index contributed by atoms with van der Waals surface area (Å²) in [5, 5.41) is 15.2.